The summed E-state index contributed by atoms with van der Waals surface area (Å²) in [6.45, 7) is 0. The summed E-state index contributed by atoms with van der Waals surface area (Å²) in [4.78, 5) is 11.7. The lowest BCUT2D eigenvalue weighted by Gasteiger charge is -2.12. The molecule has 0 aliphatic carbocycles. The van der Waals surface area contributed by atoms with E-state index in [9.17, 15) is 13.6 Å². The van der Waals surface area contributed by atoms with Gasteiger partial charge in [-0.05, 0) is 18.4 Å². The Morgan fingerprint density at radius 3 is 2.45 bits per heavy atom. The van der Waals surface area contributed by atoms with Crippen molar-refractivity contribution in [3.8, 4) is 5.75 Å². The second-order valence-electron chi connectivity index (χ2n) is 3.85. The summed E-state index contributed by atoms with van der Waals surface area (Å²) in [5, 5.41) is 2.37. The number of carbonyl (C=O) groups excluding carboxylic acids is 1. The number of rotatable bonds is 6. The van der Waals surface area contributed by atoms with Gasteiger partial charge < -0.3 is 15.8 Å². The third-order valence-corrected chi connectivity index (χ3v) is 3.08. The van der Waals surface area contributed by atoms with Crippen molar-refractivity contribution in [1.29, 1.82) is 0 Å². The molecule has 1 atom stereocenters. The molecule has 0 unspecified atom stereocenters. The van der Waals surface area contributed by atoms with Crippen LogP contribution in [0.1, 0.15) is 6.42 Å². The van der Waals surface area contributed by atoms with E-state index in [0.717, 1.165) is 25.0 Å². The Morgan fingerprint density at radius 2 is 2.00 bits per heavy atom. The molecule has 0 aliphatic heterocycles. The quantitative estimate of drug-likeness (QED) is 0.842. The van der Waals surface area contributed by atoms with Gasteiger partial charge >= 0.3 is 0 Å². The average Bonchev–Trinajstić information content (AvgIpc) is 2.35. The van der Waals surface area contributed by atoms with Crippen LogP contribution >= 0.6 is 24.2 Å². The Bertz CT molecular complexity index is 440. The van der Waals surface area contributed by atoms with Crippen molar-refractivity contribution >= 4 is 35.8 Å². The molecule has 1 amide bonds. The van der Waals surface area contributed by atoms with Crippen LogP contribution in [0, 0.1) is 11.6 Å². The topological polar surface area (TPSA) is 64.3 Å². The smallest absolute Gasteiger partial charge is 0.241 e. The molecule has 0 saturated heterocycles. The molecule has 1 rings (SSSR count). The first-order valence-electron chi connectivity index (χ1n) is 5.58. The second-order valence-corrected chi connectivity index (χ2v) is 4.84. The maximum Gasteiger partial charge on any atom is 0.241 e. The van der Waals surface area contributed by atoms with Crippen LogP contribution in [-0.4, -0.2) is 31.1 Å². The number of anilines is 1. The zero-order valence-corrected chi connectivity index (χ0v) is 12.7. The number of nitrogens with two attached hydrogens (primary N) is 1. The van der Waals surface area contributed by atoms with Crippen molar-refractivity contribution in [3.63, 3.8) is 0 Å². The molecule has 1 aromatic rings. The lowest BCUT2D eigenvalue weighted by Crippen LogP contribution is -2.36. The maximum absolute atomic E-state index is 13.4. The molecule has 3 N–H and O–H groups in total. The fourth-order valence-electron chi connectivity index (χ4n) is 1.44. The Kier molecular flexibility index (Phi) is 8.52. The second kappa shape index (κ2) is 8.99. The molecule has 0 spiro atoms. The van der Waals surface area contributed by atoms with Gasteiger partial charge in [-0.2, -0.15) is 11.8 Å². The van der Waals surface area contributed by atoms with Crippen molar-refractivity contribution < 1.29 is 18.3 Å². The van der Waals surface area contributed by atoms with Gasteiger partial charge in [0.1, 0.15) is 0 Å². The molecule has 0 heterocycles. The van der Waals surface area contributed by atoms with Crippen LogP contribution in [-0.2, 0) is 4.79 Å². The highest BCUT2D eigenvalue weighted by Crippen LogP contribution is 2.25. The van der Waals surface area contributed by atoms with Crippen LogP contribution in [0.15, 0.2) is 12.1 Å². The fraction of sp³-hybridized carbons (Fsp3) is 0.417. The highest BCUT2D eigenvalue weighted by Gasteiger charge is 2.16. The Balaban J connectivity index is 0.00000361. The van der Waals surface area contributed by atoms with Crippen LogP contribution in [0.5, 0.6) is 5.75 Å². The van der Waals surface area contributed by atoms with E-state index in [1.807, 2.05) is 6.26 Å². The van der Waals surface area contributed by atoms with E-state index in [-0.39, 0.29) is 18.1 Å². The number of halogens is 3. The summed E-state index contributed by atoms with van der Waals surface area (Å²) in [6, 6.07) is 1.27. The lowest BCUT2D eigenvalue weighted by atomic mass is 10.2. The van der Waals surface area contributed by atoms with Crippen LogP contribution < -0.4 is 15.8 Å². The van der Waals surface area contributed by atoms with E-state index in [1.54, 1.807) is 11.8 Å². The first-order valence-corrected chi connectivity index (χ1v) is 6.97. The van der Waals surface area contributed by atoms with E-state index < -0.39 is 29.3 Å². The minimum atomic E-state index is -0.879. The molecule has 4 nitrogen and oxygen atoms in total. The van der Waals surface area contributed by atoms with Gasteiger partial charge in [-0.15, -0.1) is 12.4 Å². The van der Waals surface area contributed by atoms with Gasteiger partial charge in [-0.3, -0.25) is 4.79 Å². The molecule has 114 valence electrons. The summed E-state index contributed by atoms with van der Waals surface area (Å²) in [5.41, 5.74) is 5.66. The molecule has 0 fully saturated rings. The van der Waals surface area contributed by atoms with E-state index >= 15 is 0 Å². The molecular weight excluding hydrogens is 310 g/mol. The van der Waals surface area contributed by atoms with Crippen LogP contribution in [0.2, 0.25) is 0 Å². The van der Waals surface area contributed by atoms with Crippen molar-refractivity contribution in [2.24, 2.45) is 5.73 Å². The number of thioether (sulfide) groups is 1. The van der Waals surface area contributed by atoms with Crippen LogP contribution in [0.25, 0.3) is 0 Å². The standard InChI is InChI=1S/C12H16F2N2O2S.ClH/c1-18-11-8(13)5-7(6-9(11)14)16-12(17)10(15)3-4-19-2;/h5-6,10H,3-4,15H2,1-2H3,(H,16,17);1H/t10-;/m0./s1. The lowest BCUT2D eigenvalue weighted by molar-refractivity contribution is -0.117. The van der Waals surface area contributed by atoms with Gasteiger partial charge in [0.25, 0.3) is 0 Å². The SMILES string of the molecule is COc1c(F)cc(NC(=O)[C@@H](N)CCSC)cc1F.Cl. The summed E-state index contributed by atoms with van der Waals surface area (Å²) in [7, 11) is 1.16. The molecule has 0 saturated carbocycles. The number of methoxy groups -OCH3 is 1. The largest absolute Gasteiger partial charge is 0.491 e. The van der Waals surface area contributed by atoms with Crippen molar-refractivity contribution in [3.05, 3.63) is 23.8 Å². The summed E-state index contributed by atoms with van der Waals surface area (Å²) in [5.74, 6) is -1.98. The van der Waals surface area contributed by atoms with Crippen LogP contribution in [0.3, 0.4) is 0 Å². The maximum atomic E-state index is 13.4. The molecule has 8 heteroatoms. The van der Waals surface area contributed by atoms with Gasteiger partial charge in [-0.25, -0.2) is 8.78 Å². The van der Waals surface area contributed by atoms with E-state index in [4.69, 9.17) is 5.73 Å². The third kappa shape index (κ3) is 5.15. The summed E-state index contributed by atoms with van der Waals surface area (Å²) in [6.07, 6.45) is 2.40. The van der Waals surface area contributed by atoms with Crippen molar-refractivity contribution in [1.82, 2.24) is 0 Å². The summed E-state index contributed by atoms with van der Waals surface area (Å²) >= 11 is 1.57. The molecular formula is C12H17ClF2N2O2S. The van der Waals surface area contributed by atoms with Gasteiger partial charge in [0.15, 0.2) is 17.4 Å². The van der Waals surface area contributed by atoms with E-state index in [1.165, 1.54) is 0 Å². The molecule has 0 aromatic heterocycles. The number of carbonyl (C=O) groups is 1. The first kappa shape index (κ1) is 18.9. The Labute approximate surface area is 126 Å². The van der Waals surface area contributed by atoms with Crippen molar-refractivity contribution in [2.75, 3.05) is 24.4 Å². The first-order chi connectivity index (χ1) is 8.99. The summed E-state index contributed by atoms with van der Waals surface area (Å²) < 4.78 is 31.4. The van der Waals surface area contributed by atoms with Crippen LogP contribution in [0.4, 0.5) is 14.5 Å². The third-order valence-electron chi connectivity index (χ3n) is 2.44. The Hall–Kier alpha value is -1.05. The van der Waals surface area contributed by atoms with Crippen molar-refractivity contribution in [2.45, 2.75) is 12.5 Å². The average molecular weight is 327 g/mol. The van der Waals surface area contributed by atoms with Gasteiger partial charge in [0.2, 0.25) is 5.91 Å². The molecule has 1 aromatic carbocycles. The predicted octanol–water partition coefficient (Wildman–Crippen LogP) is 2.41. The van der Waals surface area contributed by atoms with Gasteiger partial charge in [0.05, 0.1) is 13.2 Å². The number of benzene rings is 1. The van der Waals surface area contributed by atoms with E-state index in [2.05, 4.69) is 10.1 Å². The molecule has 0 aliphatic rings. The fourth-order valence-corrected chi connectivity index (χ4v) is 1.93. The highest BCUT2D eigenvalue weighted by atomic mass is 35.5. The molecule has 0 radical (unpaired) electrons. The Morgan fingerprint density at radius 1 is 1.45 bits per heavy atom. The zero-order valence-electron chi connectivity index (χ0n) is 11.1. The highest BCUT2D eigenvalue weighted by molar-refractivity contribution is 7.98. The molecule has 20 heavy (non-hydrogen) atoms. The number of hydrogen-bond acceptors (Lipinski definition) is 4. The normalized spacial score (nSPS) is 11.4. The minimum Gasteiger partial charge on any atom is -0.491 e. The van der Waals surface area contributed by atoms with E-state index in [0.29, 0.717) is 6.42 Å². The number of ether oxygens (including phenoxy) is 1. The number of amides is 1. The predicted molar refractivity (Wildman–Crippen MR) is 79.8 cm³/mol. The number of nitrogens with one attached hydrogen (secondary N) is 1. The number of hydrogen-bond donors (Lipinski definition) is 2. The molecule has 0 bridgehead atoms. The zero-order chi connectivity index (χ0) is 14.4. The van der Waals surface area contributed by atoms with Gasteiger partial charge in [0, 0.05) is 17.8 Å². The van der Waals surface area contributed by atoms with Gasteiger partial charge in [-0.1, -0.05) is 0 Å². The monoisotopic (exact) mass is 326 g/mol. The minimum absolute atomic E-state index is 0.